The fraction of sp³-hybridized carbons (Fsp3) is 0.273. The maximum Gasteiger partial charge on any atom is 0.326 e. The molecule has 16 heavy (non-hydrogen) atoms. The second-order valence-corrected chi connectivity index (χ2v) is 3.62. The van der Waals surface area contributed by atoms with Gasteiger partial charge in [0, 0.05) is 11.1 Å². The van der Waals surface area contributed by atoms with Crippen LogP contribution in [0.2, 0.25) is 0 Å². The van der Waals surface area contributed by atoms with Crippen molar-refractivity contribution in [3.05, 3.63) is 24.4 Å². The second-order valence-electron chi connectivity index (χ2n) is 3.62. The van der Waals surface area contributed by atoms with E-state index < -0.39 is 12.0 Å². The third-order valence-electron chi connectivity index (χ3n) is 2.49. The zero-order chi connectivity index (χ0) is 11.5. The van der Waals surface area contributed by atoms with Gasteiger partial charge in [0.15, 0.2) is 0 Å². The molecule has 0 saturated carbocycles. The number of aliphatic carboxylic acids is 1. The predicted molar refractivity (Wildman–Crippen MR) is 61.4 cm³/mol. The molecule has 0 aliphatic carbocycles. The molecule has 84 valence electrons. The summed E-state index contributed by atoms with van der Waals surface area (Å²) in [6, 6.07) is 5.05. The lowest BCUT2D eigenvalue weighted by atomic mass is 10.2. The third kappa shape index (κ3) is 1.98. The van der Waals surface area contributed by atoms with Gasteiger partial charge >= 0.3 is 5.97 Å². The Morgan fingerprint density at radius 1 is 1.62 bits per heavy atom. The van der Waals surface area contributed by atoms with Crippen molar-refractivity contribution in [3.63, 3.8) is 0 Å². The number of hydrogen-bond acceptors (Lipinski definition) is 3. The van der Waals surface area contributed by atoms with Crippen LogP contribution in [0.4, 0.5) is 5.69 Å². The third-order valence-corrected chi connectivity index (χ3v) is 2.49. The molecule has 1 unspecified atom stereocenters. The van der Waals surface area contributed by atoms with E-state index in [1.165, 1.54) is 0 Å². The lowest BCUT2D eigenvalue weighted by molar-refractivity contribution is -0.137. The maximum atomic E-state index is 10.9. The summed E-state index contributed by atoms with van der Waals surface area (Å²) >= 11 is 0. The van der Waals surface area contributed by atoms with Crippen LogP contribution in [0.1, 0.15) is 13.3 Å². The standard InChI is InChI=1S/C11H13N3O2/c1-2-9(11(15)16)13-8-4-3-7-6-12-14-10(7)5-8/h3-6,9,13H,2H2,1H3,(H,12,14)(H,15,16). The lowest BCUT2D eigenvalue weighted by Gasteiger charge is -2.13. The molecular weight excluding hydrogens is 206 g/mol. The Morgan fingerprint density at radius 2 is 2.44 bits per heavy atom. The predicted octanol–water partition coefficient (Wildman–Crippen LogP) is 1.84. The summed E-state index contributed by atoms with van der Waals surface area (Å²) in [7, 11) is 0. The highest BCUT2D eigenvalue weighted by Crippen LogP contribution is 2.17. The lowest BCUT2D eigenvalue weighted by Crippen LogP contribution is -2.28. The number of nitrogens with zero attached hydrogens (tertiary/aromatic N) is 1. The molecule has 5 nitrogen and oxygen atoms in total. The summed E-state index contributed by atoms with van der Waals surface area (Å²) < 4.78 is 0. The molecule has 0 saturated heterocycles. The molecule has 0 aliphatic rings. The SMILES string of the molecule is CCC(Nc1ccc2cn[nH]c2c1)C(=O)O. The molecule has 5 heteroatoms. The highest BCUT2D eigenvalue weighted by Gasteiger charge is 2.14. The first kappa shape index (κ1) is 10.5. The van der Waals surface area contributed by atoms with Gasteiger partial charge in [-0.1, -0.05) is 6.92 Å². The van der Waals surface area contributed by atoms with Gasteiger partial charge in [-0.05, 0) is 24.6 Å². The number of rotatable bonds is 4. The highest BCUT2D eigenvalue weighted by atomic mass is 16.4. The van der Waals surface area contributed by atoms with Crippen LogP contribution in [-0.4, -0.2) is 27.3 Å². The smallest absolute Gasteiger partial charge is 0.326 e. The van der Waals surface area contributed by atoms with Crippen molar-refractivity contribution in [2.75, 3.05) is 5.32 Å². The van der Waals surface area contributed by atoms with E-state index in [0.717, 1.165) is 16.6 Å². The molecule has 0 fully saturated rings. The van der Waals surface area contributed by atoms with Crippen LogP contribution in [0, 0.1) is 0 Å². The Bertz CT molecular complexity index is 507. The summed E-state index contributed by atoms with van der Waals surface area (Å²) in [4.78, 5) is 10.9. The van der Waals surface area contributed by atoms with Crippen molar-refractivity contribution in [2.24, 2.45) is 0 Å². The van der Waals surface area contributed by atoms with Crippen molar-refractivity contribution in [1.82, 2.24) is 10.2 Å². The number of nitrogens with one attached hydrogen (secondary N) is 2. The molecular formula is C11H13N3O2. The van der Waals surface area contributed by atoms with Crippen LogP contribution < -0.4 is 5.32 Å². The van der Waals surface area contributed by atoms with Crippen LogP contribution in [0.5, 0.6) is 0 Å². The van der Waals surface area contributed by atoms with Crippen LogP contribution in [-0.2, 0) is 4.79 Å². The number of carbonyl (C=O) groups is 1. The van der Waals surface area contributed by atoms with Crippen LogP contribution in [0.3, 0.4) is 0 Å². The molecule has 0 spiro atoms. The van der Waals surface area contributed by atoms with Gasteiger partial charge in [0.25, 0.3) is 0 Å². The number of benzene rings is 1. The van der Waals surface area contributed by atoms with Gasteiger partial charge in [0.2, 0.25) is 0 Å². The molecule has 2 aromatic rings. The van der Waals surface area contributed by atoms with Gasteiger partial charge in [-0.15, -0.1) is 0 Å². The number of H-pyrrole nitrogens is 1. The normalized spacial score (nSPS) is 12.6. The van der Waals surface area contributed by atoms with Crippen molar-refractivity contribution >= 4 is 22.6 Å². The van der Waals surface area contributed by atoms with E-state index in [1.54, 1.807) is 6.20 Å². The molecule has 2 rings (SSSR count). The van der Waals surface area contributed by atoms with Gasteiger partial charge in [-0.25, -0.2) is 4.79 Å². The van der Waals surface area contributed by atoms with Crippen LogP contribution in [0.25, 0.3) is 10.9 Å². The van der Waals surface area contributed by atoms with Gasteiger partial charge in [0.1, 0.15) is 6.04 Å². The first-order valence-corrected chi connectivity index (χ1v) is 5.13. The summed E-state index contributed by atoms with van der Waals surface area (Å²) in [5.74, 6) is -0.841. The number of carboxylic acid groups (broad SMARTS) is 1. The van der Waals surface area contributed by atoms with Crippen LogP contribution in [0.15, 0.2) is 24.4 Å². The topological polar surface area (TPSA) is 78.0 Å². The van der Waals surface area contributed by atoms with Gasteiger partial charge in [0.05, 0.1) is 11.7 Å². The average Bonchev–Trinajstić information content (AvgIpc) is 2.72. The highest BCUT2D eigenvalue weighted by molar-refractivity contribution is 5.83. The number of aromatic amines is 1. The number of anilines is 1. The minimum absolute atomic E-state index is 0.538. The summed E-state index contributed by atoms with van der Waals surface area (Å²) in [5.41, 5.74) is 1.68. The minimum Gasteiger partial charge on any atom is -0.480 e. The Kier molecular flexibility index (Phi) is 2.76. The Hall–Kier alpha value is -2.04. The van der Waals surface area contributed by atoms with Crippen molar-refractivity contribution < 1.29 is 9.90 Å². The second kappa shape index (κ2) is 4.22. The van der Waals surface area contributed by atoms with Gasteiger partial charge in [-0.2, -0.15) is 5.10 Å². The van der Waals surface area contributed by atoms with Crippen molar-refractivity contribution in [2.45, 2.75) is 19.4 Å². The molecule has 0 aliphatic heterocycles. The number of carboxylic acids is 1. The quantitative estimate of drug-likeness (QED) is 0.733. The molecule has 0 bridgehead atoms. The first-order chi connectivity index (χ1) is 7.70. The average molecular weight is 219 g/mol. The molecule has 1 aromatic heterocycles. The molecule has 1 atom stereocenters. The van der Waals surface area contributed by atoms with E-state index in [0.29, 0.717) is 6.42 Å². The maximum absolute atomic E-state index is 10.9. The number of aromatic nitrogens is 2. The molecule has 0 amide bonds. The van der Waals surface area contributed by atoms with E-state index in [-0.39, 0.29) is 0 Å². The molecule has 1 aromatic carbocycles. The Balaban J connectivity index is 2.23. The van der Waals surface area contributed by atoms with Crippen LogP contribution >= 0.6 is 0 Å². The fourth-order valence-electron chi connectivity index (χ4n) is 1.57. The van der Waals surface area contributed by atoms with Gasteiger partial charge in [-0.3, -0.25) is 5.10 Å². The zero-order valence-corrected chi connectivity index (χ0v) is 8.90. The summed E-state index contributed by atoms with van der Waals surface area (Å²) in [5, 5.41) is 19.6. The van der Waals surface area contributed by atoms with E-state index in [9.17, 15) is 4.79 Å². The summed E-state index contributed by atoms with van der Waals surface area (Å²) in [6.07, 6.45) is 2.27. The van der Waals surface area contributed by atoms with E-state index in [1.807, 2.05) is 25.1 Å². The Morgan fingerprint density at radius 3 is 3.12 bits per heavy atom. The number of hydrogen-bond donors (Lipinski definition) is 3. The molecule has 1 heterocycles. The van der Waals surface area contributed by atoms with E-state index in [2.05, 4.69) is 15.5 Å². The van der Waals surface area contributed by atoms with E-state index in [4.69, 9.17) is 5.11 Å². The zero-order valence-electron chi connectivity index (χ0n) is 8.90. The van der Waals surface area contributed by atoms with Crippen molar-refractivity contribution in [1.29, 1.82) is 0 Å². The number of fused-ring (bicyclic) bond motifs is 1. The Labute approximate surface area is 92.5 Å². The minimum atomic E-state index is -0.841. The van der Waals surface area contributed by atoms with Crippen molar-refractivity contribution in [3.8, 4) is 0 Å². The van der Waals surface area contributed by atoms with Gasteiger partial charge < -0.3 is 10.4 Å². The first-order valence-electron chi connectivity index (χ1n) is 5.13. The largest absolute Gasteiger partial charge is 0.480 e. The summed E-state index contributed by atoms with van der Waals surface area (Å²) in [6.45, 7) is 1.83. The molecule has 0 radical (unpaired) electrons. The monoisotopic (exact) mass is 219 g/mol. The molecule has 3 N–H and O–H groups in total. The van der Waals surface area contributed by atoms with E-state index >= 15 is 0 Å². The fourth-order valence-corrected chi connectivity index (χ4v) is 1.57.